The summed E-state index contributed by atoms with van der Waals surface area (Å²) in [5, 5.41) is 3.25. The van der Waals surface area contributed by atoms with Crippen molar-refractivity contribution in [1.82, 2.24) is 9.97 Å². The Labute approximate surface area is 115 Å². The summed E-state index contributed by atoms with van der Waals surface area (Å²) in [5.41, 5.74) is 1.02. The molecule has 1 aromatic carbocycles. The Hall–Kier alpha value is -1.94. The number of hydrogen-bond donors (Lipinski definition) is 1. The Morgan fingerprint density at radius 1 is 1.21 bits per heavy atom. The number of anilines is 1. The number of halogens is 1. The summed E-state index contributed by atoms with van der Waals surface area (Å²) in [7, 11) is 0. The van der Waals surface area contributed by atoms with E-state index in [1.54, 1.807) is 24.5 Å². The van der Waals surface area contributed by atoms with Gasteiger partial charge in [0.05, 0.1) is 16.3 Å². The molecule has 0 radical (unpaired) electrons. The molecule has 1 fully saturated rings. The molecule has 19 heavy (non-hydrogen) atoms. The fourth-order valence-electron chi connectivity index (χ4n) is 1.76. The minimum absolute atomic E-state index is 0.254. The Bertz CT molecular complexity index is 608. The summed E-state index contributed by atoms with van der Waals surface area (Å²) in [6.45, 7) is 0. The van der Waals surface area contributed by atoms with Crippen molar-refractivity contribution < 1.29 is 4.79 Å². The molecule has 1 heterocycles. The van der Waals surface area contributed by atoms with E-state index in [0.717, 1.165) is 18.7 Å². The highest BCUT2D eigenvalue weighted by Crippen LogP contribution is 2.37. The molecule has 1 aliphatic rings. The van der Waals surface area contributed by atoms with Crippen LogP contribution in [0, 0.1) is 0 Å². The predicted molar refractivity (Wildman–Crippen MR) is 73.4 cm³/mol. The first-order valence-electron chi connectivity index (χ1n) is 6.12. The zero-order chi connectivity index (χ0) is 13.2. The van der Waals surface area contributed by atoms with Crippen LogP contribution in [0.4, 0.5) is 5.69 Å². The highest BCUT2D eigenvalue weighted by atomic mass is 35.5. The number of nitrogens with one attached hydrogen (secondary N) is 1. The number of hydrogen-bond acceptors (Lipinski definition) is 3. The molecule has 5 heteroatoms. The highest BCUT2D eigenvalue weighted by Gasteiger charge is 2.26. The molecule has 3 rings (SSSR count). The van der Waals surface area contributed by atoms with E-state index >= 15 is 0 Å². The molecule has 4 nitrogen and oxygen atoms in total. The van der Waals surface area contributed by atoms with E-state index in [0.29, 0.717) is 22.2 Å². The SMILES string of the molecule is O=C(Nc1ccccc1Cl)c1cnc(C2CC2)nc1. The van der Waals surface area contributed by atoms with Crippen LogP contribution in [-0.2, 0) is 0 Å². The molecule has 0 atom stereocenters. The average Bonchev–Trinajstić information content (AvgIpc) is 3.26. The van der Waals surface area contributed by atoms with Gasteiger partial charge in [-0.3, -0.25) is 4.79 Å². The third-order valence-electron chi connectivity index (χ3n) is 3.00. The van der Waals surface area contributed by atoms with E-state index in [2.05, 4.69) is 15.3 Å². The Morgan fingerprint density at radius 2 is 1.89 bits per heavy atom. The fraction of sp³-hybridized carbons (Fsp3) is 0.214. The van der Waals surface area contributed by atoms with Crippen molar-refractivity contribution in [2.45, 2.75) is 18.8 Å². The van der Waals surface area contributed by atoms with Gasteiger partial charge in [0.25, 0.3) is 5.91 Å². The van der Waals surface area contributed by atoms with Gasteiger partial charge in [-0.15, -0.1) is 0 Å². The van der Waals surface area contributed by atoms with Crippen molar-refractivity contribution in [2.75, 3.05) is 5.32 Å². The standard InChI is InChI=1S/C14H12ClN3O/c15-11-3-1-2-4-12(11)18-14(19)10-7-16-13(17-8-10)9-5-6-9/h1-4,7-9H,5-6H2,(H,18,19). The van der Waals surface area contributed by atoms with Crippen LogP contribution in [0.15, 0.2) is 36.7 Å². The largest absolute Gasteiger partial charge is 0.321 e. The second kappa shape index (κ2) is 4.97. The Kier molecular flexibility index (Phi) is 3.17. The van der Waals surface area contributed by atoms with Gasteiger partial charge in [0.1, 0.15) is 5.82 Å². The Balaban J connectivity index is 1.74. The first kappa shape index (κ1) is 12.1. The first-order chi connectivity index (χ1) is 9.24. The minimum Gasteiger partial charge on any atom is -0.321 e. The normalized spacial score (nSPS) is 14.2. The van der Waals surface area contributed by atoms with Crippen LogP contribution in [0.2, 0.25) is 5.02 Å². The predicted octanol–water partition coefficient (Wildman–Crippen LogP) is 3.26. The van der Waals surface area contributed by atoms with Crippen molar-refractivity contribution in [3.63, 3.8) is 0 Å². The zero-order valence-electron chi connectivity index (χ0n) is 10.1. The van der Waals surface area contributed by atoms with Gasteiger partial charge in [-0.25, -0.2) is 9.97 Å². The molecule has 0 unspecified atom stereocenters. The number of benzene rings is 1. The molecule has 1 aromatic heterocycles. The van der Waals surface area contributed by atoms with Crippen molar-refractivity contribution >= 4 is 23.2 Å². The summed E-state index contributed by atoms with van der Waals surface area (Å²) < 4.78 is 0. The van der Waals surface area contributed by atoms with E-state index in [4.69, 9.17) is 11.6 Å². The second-order valence-corrected chi connectivity index (χ2v) is 4.95. The number of carbonyl (C=O) groups is 1. The smallest absolute Gasteiger partial charge is 0.258 e. The molecule has 0 bridgehead atoms. The lowest BCUT2D eigenvalue weighted by atomic mass is 10.2. The molecule has 1 aliphatic carbocycles. The number of aromatic nitrogens is 2. The second-order valence-electron chi connectivity index (χ2n) is 4.54. The fourth-order valence-corrected chi connectivity index (χ4v) is 1.95. The van der Waals surface area contributed by atoms with Crippen molar-refractivity contribution in [2.24, 2.45) is 0 Å². The van der Waals surface area contributed by atoms with Gasteiger partial charge in [-0.1, -0.05) is 23.7 Å². The topological polar surface area (TPSA) is 54.9 Å². The van der Waals surface area contributed by atoms with Crippen LogP contribution in [0.1, 0.15) is 34.9 Å². The van der Waals surface area contributed by atoms with E-state index in [-0.39, 0.29) is 5.91 Å². The molecule has 0 aliphatic heterocycles. The van der Waals surface area contributed by atoms with Crippen LogP contribution in [0.25, 0.3) is 0 Å². The number of para-hydroxylation sites is 1. The maximum Gasteiger partial charge on any atom is 0.258 e. The third kappa shape index (κ3) is 2.74. The van der Waals surface area contributed by atoms with Gasteiger partial charge in [0.15, 0.2) is 0 Å². The van der Waals surface area contributed by atoms with Crippen LogP contribution < -0.4 is 5.32 Å². The third-order valence-corrected chi connectivity index (χ3v) is 3.33. The molecular weight excluding hydrogens is 262 g/mol. The van der Waals surface area contributed by atoms with Crippen molar-refractivity contribution in [3.05, 3.63) is 53.1 Å². The summed E-state index contributed by atoms with van der Waals surface area (Å²) in [6, 6.07) is 7.10. The zero-order valence-corrected chi connectivity index (χ0v) is 10.9. The summed E-state index contributed by atoms with van der Waals surface area (Å²) in [6.07, 6.45) is 5.41. The quantitative estimate of drug-likeness (QED) is 0.934. The molecule has 96 valence electrons. The monoisotopic (exact) mass is 273 g/mol. The van der Waals surface area contributed by atoms with E-state index < -0.39 is 0 Å². The van der Waals surface area contributed by atoms with Gasteiger partial charge in [0.2, 0.25) is 0 Å². The number of carbonyl (C=O) groups excluding carboxylic acids is 1. The lowest BCUT2D eigenvalue weighted by Gasteiger charge is -2.06. The Morgan fingerprint density at radius 3 is 2.53 bits per heavy atom. The average molecular weight is 274 g/mol. The van der Waals surface area contributed by atoms with E-state index in [9.17, 15) is 4.79 Å². The van der Waals surface area contributed by atoms with E-state index in [1.165, 1.54) is 0 Å². The molecule has 1 amide bonds. The summed E-state index contributed by atoms with van der Waals surface area (Å²) in [5.74, 6) is 1.06. The molecule has 1 N–H and O–H groups in total. The number of amides is 1. The van der Waals surface area contributed by atoms with Gasteiger partial charge in [-0.05, 0) is 25.0 Å². The van der Waals surface area contributed by atoms with Gasteiger partial charge < -0.3 is 5.32 Å². The number of nitrogens with zero attached hydrogens (tertiary/aromatic N) is 2. The first-order valence-corrected chi connectivity index (χ1v) is 6.49. The lowest BCUT2D eigenvalue weighted by molar-refractivity contribution is 0.102. The maximum atomic E-state index is 12.0. The van der Waals surface area contributed by atoms with Crippen molar-refractivity contribution in [1.29, 1.82) is 0 Å². The van der Waals surface area contributed by atoms with Crippen LogP contribution in [-0.4, -0.2) is 15.9 Å². The van der Waals surface area contributed by atoms with Crippen LogP contribution in [0.3, 0.4) is 0 Å². The van der Waals surface area contributed by atoms with Crippen LogP contribution >= 0.6 is 11.6 Å². The van der Waals surface area contributed by atoms with Gasteiger partial charge >= 0.3 is 0 Å². The molecule has 0 spiro atoms. The van der Waals surface area contributed by atoms with Crippen molar-refractivity contribution in [3.8, 4) is 0 Å². The van der Waals surface area contributed by atoms with E-state index in [1.807, 2.05) is 12.1 Å². The molecule has 0 saturated heterocycles. The number of rotatable bonds is 3. The minimum atomic E-state index is -0.254. The maximum absolute atomic E-state index is 12.0. The summed E-state index contributed by atoms with van der Waals surface area (Å²) >= 11 is 5.98. The van der Waals surface area contributed by atoms with Gasteiger partial charge in [-0.2, -0.15) is 0 Å². The summed E-state index contributed by atoms with van der Waals surface area (Å²) in [4.78, 5) is 20.5. The van der Waals surface area contributed by atoms with Crippen LogP contribution in [0.5, 0.6) is 0 Å². The highest BCUT2D eigenvalue weighted by molar-refractivity contribution is 6.33. The lowest BCUT2D eigenvalue weighted by Crippen LogP contribution is -2.13. The van der Waals surface area contributed by atoms with Gasteiger partial charge in [0, 0.05) is 18.3 Å². The molecule has 2 aromatic rings. The molecule has 1 saturated carbocycles. The molecular formula is C14H12ClN3O.